The average molecular weight is 406 g/mol. The molecule has 144 valence electrons. The molecule has 0 bridgehead atoms. The number of hydrogen-bond acceptors (Lipinski definition) is 6. The summed E-state index contributed by atoms with van der Waals surface area (Å²) in [6.07, 6.45) is -1.42. The SMILES string of the molecule is O=C(CSc1ccc(-c2cccnc2)nn1)Nc1ccc(OC(F)(F)F)cc1. The number of halogens is 3. The third-order valence-electron chi connectivity index (χ3n) is 3.32. The molecule has 0 spiro atoms. The van der Waals surface area contributed by atoms with Crippen LogP contribution in [0.4, 0.5) is 18.9 Å². The number of nitrogens with zero attached hydrogens (tertiary/aromatic N) is 3. The number of ether oxygens (including phenoxy) is 1. The number of benzene rings is 1. The van der Waals surface area contributed by atoms with Gasteiger partial charge in [0.1, 0.15) is 10.8 Å². The van der Waals surface area contributed by atoms with E-state index >= 15 is 0 Å². The molecule has 0 unspecified atom stereocenters. The fourth-order valence-corrected chi connectivity index (χ4v) is 2.76. The van der Waals surface area contributed by atoms with Crippen LogP contribution in [0.25, 0.3) is 11.3 Å². The molecule has 0 saturated heterocycles. The van der Waals surface area contributed by atoms with E-state index in [-0.39, 0.29) is 17.4 Å². The first-order chi connectivity index (χ1) is 13.4. The summed E-state index contributed by atoms with van der Waals surface area (Å²) in [7, 11) is 0. The number of anilines is 1. The third-order valence-corrected chi connectivity index (χ3v) is 4.24. The summed E-state index contributed by atoms with van der Waals surface area (Å²) in [5, 5.41) is 11.3. The first-order valence-electron chi connectivity index (χ1n) is 7.92. The van der Waals surface area contributed by atoms with Crippen LogP contribution in [0.5, 0.6) is 5.75 Å². The number of thioether (sulfide) groups is 1. The van der Waals surface area contributed by atoms with Crippen LogP contribution in [-0.4, -0.2) is 33.2 Å². The number of aromatic nitrogens is 3. The molecule has 6 nitrogen and oxygen atoms in total. The molecule has 0 aliphatic carbocycles. The summed E-state index contributed by atoms with van der Waals surface area (Å²) < 4.78 is 40.2. The van der Waals surface area contributed by atoms with E-state index in [1.165, 1.54) is 23.9 Å². The van der Waals surface area contributed by atoms with Gasteiger partial charge < -0.3 is 10.1 Å². The van der Waals surface area contributed by atoms with E-state index in [1.54, 1.807) is 30.6 Å². The number of amides is 1. The van der Waals surface area contributed by atoms with Gasteiger partial charge in [-0.2, -0.15) is 0 Å². The molecule has 2 heterocycles. The lowest BCUT2D eigenvalue weighted by molar-refractivity contribution is -0.274. The minimum atomic E-state index is -4.75. The second-order valence-electron chi connectivity index (χ2n) is 5.41. The Morgan fingerprint density at radius 3 is 2.46 bits per heavy atom. The Kier molecular flexibility index (Phi) is 6.09. The lowest BCUT2D eigenvalue weighted by atomic mass is 10.2. The summed E-state index contributed by atoms with van der Waals surface area (Å²) in [6, 6.07) is 12.1. The van der Waals surface area contributed by atoms with Crippen LogP contribution in [0.1, 0.15) is 0 Å². The molecule has 3 rings (SSSR count). The highest BCUT2D eigenvalue weighted by atomic mass is 32.2. The van der Waals surface area contributed by atoms with Crippen LogP contribution in [0.3, 0.4) is 0 Å². The third kappa shape index (κ3) is 5.95. The second kappa shape index (κ2) is 8.70. The zero-order chi connectivity index (χ0) is 20.0. The van der Waals surface area contributed by atoms with E-state index < -0.39 is 6.36 Å². The van der Waals surface area contributed by atoms with Crippen molar-refractivity contribution in [2.45, 2.75) is 11.4 Å². The molecule has 0 fully saturated rings. The summed E-state index contributed by atoms with van der Waals surface area (Å²) in [5.74, 6) is -0.613. The maximum Gasteiger partial charge on any atom is 0.573 e. The molecule has 1 amide bonds. The van der Waals surface area contributed by atoms with Crippen molar-refractivity contribution >= 4 is 23.4 Å². The van der Waals surface area contributed by atoms with Gasteiger partial charge in [-0.25, -0.2) is 0 Å². The van der Waals surface area contributed by atoms with Crippen molar-refractivity contribution in [3.63, 3.8) is 0 Å². The normalized spacial score (nSPS) is 11.1. The molecule has 3 aromatic rings. The van der Waals surface area contributed by atoms with Crippen LogP contribution < -0.4 is 10.1 Å². The van der Waals surface area contributed by atoms with Crippen LogP contribution in [-0.2, 0) is 4.79 Å². The standard InChI is InChI=1S/C18H13F3N4O2S/c19-18(20,21)27-14-5-3-13(4-6-14)23-16(26)11-28-17-8-7-15(24-25-17)12-2-1-9-22-10-12/h1-10H,11H2,(H,23,26). The Morgan fingerprint density at radius 1 is 1.07 bits per heavy atom. The fraction of sp³-hybridized carbons (Fsp3) is 0.111. The van der Waals surface area contributed by atoms with Gasteiger partial charge in [0, 0.05) is 23.6 Å². The number of carbonyl (C=O) groups is 1. The molecule has 0 aliphatic heterocycles. The Labute approximate surface area is 162 Å². The molecular weight excluding hydrogens is 393 g/mol. The fourth-order valence-electron chi connectivity index (χ4n) is 2.14. The van der Waals surface area contributed by atoms with E-state index in [1.807, 2.05) is 6.07 Å². The zero-order valence-corrected chi connectivity index (χ0v) is 15.0. The van der Waals surface area contributed by atoms with Gasteiger partial charge in [-0.05, 0) is 48.5 Å². The molecule has 2 aromatic heterocycles. The minimum absolute atomic E-state index is 0.0712. The summed E-state index contributed by atoms with van der Waals surface area (Å²) in [6.45, 7) is 0. The summed E-state index contributed by atoms with van der Waals surface area (Å²) in [5.41, 5.74) is 1.86. The zero-order valence-electron chi connectivity index (χ0n) is 14.2. The monoisotopic (exact) mass is 406 g/mol. The van der Waals surface area contributed by atoms with Crippen molar-refractivity contribution in [1.82, 2.24) is 15.2 Å². The maximum absolute atomic E-state index is 12.1. The Balaban J connectivity index is 1.50. The van der Waals surface area contributed by atoms with Crippen LogP contribution in [0.15, 0.2) is 66.0 Å². The van der Waals surface area contributed by atoms with Crippen molar-refractivity contribution in [3.8, 4) is 17.0 Å². The second-order valence-corrected chi connectivity index (χ2v) is 6.40. The van der Waals surface area contributed by atoms with Gasteiger partial charge in [0.05, 0.1) is 11.4 Å². The van der Waals surface area contributed by atoms with Gasteiger partial charge >= 0.3 is 6.36 Å². The lowest BCUT2D eigenvalue weighted by Crippen LogP contribution is -2.17. The van der Waals surface area contributed by atoms with Crippen molar-refractivity contribution in [2.24, 2.45) is 0 Å². The molecular formula is C18H13F3N4O2S. The predicted molar refractivity (Wildman–Crippen MR) is 97.7 cm³/mol. The Hall–Kier alpha value is -3.14. The summed E-state index contributed by atoms with van der Waals surface area (Å²) >= 11 is 1.19. The molecule has 0 radical (unpaired) electrons. The number of rotatable bonds is 6. The van der Waals surface area contributed by atoms with E-state index in [2.05, 4.69) is 25.2 Å². The van der Waals surface area contributed by atoms with E-state index in [0.29, 0.717) is 16.4 Å². The maximum atomic E-state index is 12.1. The van der Waals surface area contributed by atoms with Crippen LogP contribution in [0, 0.1) is 0 Å². The van der Waals surface area contributed by atoms with Gasteiger partial charge in [0.2, 0.25) is 5.91 Å². The number of pyridine rings is 1. The van der Waals surface area contributed by atoms with Gasteiger partial charge in [0.15, 0.2) is 0 Å². The Morgan fingerprint density at radius 2 is 1.86 bits per heavy atom. The first-order valence-corrected chi connectivity index (χ1v) is 8.90. The molecule has 1 aromatic carbocycles. The molecule has 10 heteroatoms. The van der Waals surface area contributed by atoms with Crippen LogP contribution in [0.2, 0.25) is 0 Å². The predicted octanol–water partition coefficient (Wildman–Crippen LogP) is 4.17. The highest BCUT2D eigenvalue weighted by Crippen LogP contribution is 2.24. The number of alkyl halides is 3. The topological polar surface area (TPSA) is 77.0 Å². The highest BCUT2D eigenvalue weighted by molar-refractivity contribution is 7.99. The number of hydrogen-bond donors (Lipinski definition) is 1. The van der Waals surface area contributed by atoms with Gasteiger partial charge in [0.25, 0.3) is 0 Å². The van der Waals surface area contributed by atoms with E-state index in [9.17, 15) is 18.0 Å². The quantitative estimate of drug-likeness (QED) is 0.620. The minimum Gasteiger partial charge on any atom is -0.406 e. The molecule has 0 saturated carbocycles. The average Bonchev–Trinajstić information content (AvgIpc) is 2.68. The van der Waals surface area contributed by atoms with Crippen molar-refractivity contribution in [1.29, 1.82) is 0 Å². The lowest BCUT2D eigenvalue weighted by Gasteiger charge is -2.09. The van der Waals surface area contributed by atoms with Crippen LogP contribution >= 0.6 is 11.8 Å². The molecule has 0 atom stereocenters. The highest BCUT2D eigenvalue weighted by Gasteiger charge is 2.30. The Bertz CT molecular complexity index is 920. The molecule has 0 aliphatic rings. The van der Waals surface area contributed by atoms with Gasteiger partial charge in [-0.3, -0.25) is 9.78 Å². The van der Waals surface area contributed by atoms with Gasteiger partial charge in [-0.15, -0.1) is 23.4 Å². The van der Waals surface area contributed by atoms with Crippen molar-refractivity contribution in [3.05, 3.63) is 60.9 Å². The van der Waals surface area contributed by atoms with Crippen molar-refractivity contribution < 1.29 is 22.7 Å². The smallest absolute Gasteiger partial charge is 0.406 e. The van der Waals surface area contributed by atoms with Crippen molar-refractivity contribution in [2.75, 3.05) is 11.1 Å². The van der Waals surface area contributed by atoms with E-state index in [0.717, 1.165) is 17.7 Å². The molecule has 28 heavy (non-hydrogen) atoms. The number of nitrogens with one attached hydrogen (secondary N) is 1. The largest absolute Gasteiger partial charge is 0.573 e. The van der Waals surface area contributed by atoms with E-state index in [4.69, 9.17) is 0 Å². The van der Waals surface area contributed by atoms with Gasteiger partial charge in [-0.1, -0.05) is 11.8 Å². The first kappa shape index (κ1) is 19.6. The summed E-state index contributed by atoms with van der Waals surface area (Å²) in [4.78, 5) is 16.0. The number of carbonyl (C=O) groups excluding carboxylic acids is 1. The molecule has 1 N–H and O–H groups in total.